The van der Waals surface area contributed by atoms with Crippen LogP contribution in [0.1, 0.15) is 23.7 Å². The van der Waals surface area contributed by atoms with Crippen molar-refractivity contribution in [3.63, 3.8) is 0 Å². The van der Waals surface area contributed by atoms with E-state index in [0.717, 1.165) is 25.3 Å². The predicted molar refractivity (Wildman–Crippen MR) is 69.9 cm³/mol. The average Bonchev–Trinajstić information content (AvgIpc) is 2.46. The molecule has 18 heavy (non-hydrogen) atoms. The molecule has 1 N–H and O–H groups in total. The maximum atomic E-state index is 11.9. The number of hydrogen-bond donors (Lipinski definition) is 1. The molecular weight excluding hydrogens is 230 g/mol. The molecule has 1 aliphatic heterocycles. The molecule has 2 heterocycles. The van der Waals surface area contributed by atoms with Gasteiger partial charge in [-0.15, -0.1) is 0 Å². The summed E-state index contributed by atoms with van der Waals surface area (Å²) in [5.41, 5.74) is 0.667. The van der Waals surface area contributed by atoms with Gasteiger partial charge in [0.25, 0.3) is 5.91 Å². The molecule has 1 aromatic rings. The molecular formula is C13H19N3O2. The summed E-state index contributed by atoms with van der Waals surface area (Å²) < 4.78 is 5.30. The van der Waals surface area contributed by atoms with E-state index in [0.29, 0.717) is 25.3 Å². The lowest BCUT2D eigenvalue weighted by Crippen LogP contribution is -2.37. The number of nitrogens with one attached hydrogen (secondary N) is 1. The lowest BCUT2D eigenvalue weighted by Gasteiger charge is -2.27. The number of anilines is 1. The molecule has 1 amide bonds. The fourth-order valence-corrected chi connectivity index (χ4v) is 1.87. The van der Waals surface area contributed by atoms with Gasteiger partial charge in [0.05, 0.1) is 13.2 Å². The number of pyridine rings is 1. The summed E-state index contributed by atoms with van der Waals surface area (Å²) in [7, 11) is 0. The van der Waals surface area contributed by atoms with Crippen LogP contribution in [0.4, 0.5) is 5.82 Å². The summed E-state index contributed by atoms with van der Waals surface area (Å²) in [5.74, 6) is 0.816. The van der Waals surface area contributed by atoms with Crippen molar-refractivity contribution in [2.75, 3.05) is 37.7 Å². The maximum absolute atomic E-state index is 11.9. The number of carbonyl (C=O) groups is 1. The number of morpholine rings is 1. The van der Waals surface area contributed by atoms with E-state index in [9.17, 15) is 4.79 Å². The summed E-state index contributed by atoms with van der Waals surface area (Å²) in [6.07, 6.45) is 2.62. The Hall–Kier alpha value is -1.62. The SMILES string of the molecule is CCCNC(=O)c1ccnc(N2CCOCC2)c1. The molecule has 0 unspecified atom stereocenters. The second-order valence-corrected chi connectivity index (χ2v) is 4.26. The maximum Gasteiger partial charge on any atom is 0.251 e. The Bertz CT molecular complexity index is 403. The van der Waals surface area contributed by atoms with Crippen LogP contribution in [0.5, 0.6) is 0 Å². The van der Waals surface area contributed by atoms with Crippen molar-refractivity contribution in [2.45, 2.75) is 13.3 Å². The first-order valence-electron chi connectivity index (χ1n) is 6.38. The van der Waals surface area contributed by atoms with Gasteiger partial charge in [0.2, 0.25) is 0 Å². The fraction of sp³-hybridized carbons (Fsp3) is 0.538. The lowest BCUT2D eigenvalue weighted by molar-refractivity contribution is 0.0953. The highest BCUT2D eigenvalue weighted by atomic mass is 16.5. The third kappa shape index (κ3) is 3.20. The van der Waals surface area contributed by atoms with Gasteiger partial charge >= 0.3 is 0 Å². The highest BCUT2D eigenvalue weighted by Crippen LogP contribution is 2.14. The molecule has 1 aliphatic rings. The molecule has 2 rings (SSSR count). The monoisotopic (exact) mass is 249 g/mol. The summed E-state index contributed by atoms with van der Waals surface area (Å²) in [6.45, 7) is 5.82. The lowest BCUT2D eigenvalue weighted by atomic mass is 10.2. The zero-order chi connectivity index (χ0) is 12.8. The van der Waals surface area contributed by atoms with Crippen LogP contribution in [0.25, 0.3) is 0 Å². The van der Waals surface area contributed by atoms with Gasteiger partial charge in [-0.3, -0.25) is 4.79 Å². The van der Waals surface area contributed by atoms with Gasteiger partial charge in [0, 0.05) is 31.4 Å². The quantitative estimate of drug-likeness (QED) is 0.867. The van der Waals surface area contributed by atoms with E-state index in [4.69, 9.17) is 4.74 Å². The fourth-order valence-electron chi connectivity index (χ4n) is 1.87. The minimum atomic E-state index is -0.0336. The van der Waals surface area contributed by atoms with Crippen LogP contribution in [0.3, 0.4) is 0 Å². The second kappa shape index (κ2) is 6.35. The molecule has 1 saturated heterocycles. The zero-order valence-corrected chi connectivity index (χ0v) is 10.7. The number of nitrogens with zero attached hydrogens (tertiary/aromatic N) is 2. The predicted octanol–water partition coefficient (Wildman–Crippen LogP) is 1.06. The van der Waals surface area contributed by atoms with Crippen molar-refractivity contribution in [3.8, 4) is 0 Å². The first-order valence-corrected chi connectivity index (χ1v) is 6.38. The minimum absolute atomic E-state index is 0.0336. The number of amides is 1. The molecule has 98 valence electrons. The van der Waals surface area contributed by atoms with E-state index in [1.807, 2.05) is 13.0 Å². The number of carbonyl (C=O) groups excluding carboxylic acids is 1. The molecule has 1 fully saturated rings. The molecule has 0 atom stereocenters. The standard InChI is InChI=1S/C13H19N3O2/c1-2-4-15-13(17)11-3-5-14-12(10-11)16-6-8-18-9-7-16/h3,5,10H,2,4,6-9H2,1H3,(H,15,17). The van der Waals surface area contributed by atoms with Crippen molar-refractivity contribution >= 4 is 11.7 Å². The zero-order valence-electron chi connectivity index (χ0n) is 10.7. The molecule has 0 aromatic carbocycles. The molecule has 5 nitrogen and oxygen atoms in total. The van der Waals surface area contributed by atoms with Crippen LogP contribution in [0.2, 0.25) is 0 Å². The van der Waals surface area contributed by atoms with Gasteiger partial charge in [-0.2, -0.15) is 0 Å². The highest BCUT2D eigenvalue weighted by Gasteiger charge is 2.14. The van der Waals surface area contributed by atoms with Gasteiger partial charge in [0.15, 0.2) is 0 Å². The van der Waals surface area contributed by atoms with E-state index in [1.54, 1.807) is 12.3 Å². The van der Waals surface area contributed by atoms with E-state index in [1.165, 1.54) is 0 Å². The average molecular weight is 249 g/mol. The normalized spacial score (nSPS) is 15.5. The molecule has 0 spiro atoms. The van der Waals surface area contributed by atoms with E-state index < -0.39 is 0 Å². The van der Waals surface area contributed by atoms with Gasteiger partial charge in [-0.05, 0) is 18.6 Å². The van der Waals surface area contributed by atoms with Crippen LogP contribution >= 0.6 is 0 Å². The summed E-state index contributed by atoms with van der Waals surface area (Å²) in [5, 5.41) is 2.87. The smallest absolute Gasteiger partial charge is 0.251 e. The van der Waals surface area contributed by atoms with Crippen LogP contribution in [0, 0.1) is 0 Å². The molecule has 0 bridgehead atoms. The van der Waals surface area contributed by atoms with Gasteiger partial charge in [-0.25, -0.2) is 4.98 Å². The number of ether oxygens (including phenoxy) is 1. The first kappa shape index (κ1) is 12.8. The topological polar surface area (TPSA) is 54.5 Å². The molecule has 5 heteroatoms. The van der Waals surface area contributed by atoms with Gasteiger partial charge in [0.1, 0.15) is 5.82 Å². The Labute approximate surface area is 107 Å². The van der Waals surface area contributed by atoms with Crippen molar-refractivity contribution in [3.05, 3.63) is 23.9 Å². The summed E-state index contributed by atoms with van der Waals surface area (Å²) >= 11 is 0. The summed E-state index contributed by atoms with van der Waals surface area (Å²) in [6, 6.07) is 3.59. The number of aromatic nitrogens is 1. The van der Waals surface area contributed by atoms with Crippen molar-refractivity contribution in [1.82, 2.24) is 10.3 Å². The van der Waals surface area contributed by atoms with Crippen molar-refractivity contribution < 1.29 is 9.53 Å². The number of rotatable bonds is 4. The Morgan fingerprint density at radius 3 is 3.00 bits per heavy atom. The summed E-state index contributed by atoms with van der Waals surface area (Å²) in [4.78, 5) is 18.3. The van der Waals surface area contributed by atoms with Crippen molar-refractivity contribution in [2.24, 2.45) is 0 Å². The van der Waals surface area contributed by atoms with Crippen LogP contribution < -0.4 is 10.2 Å². The van der Waals surface area contributed by atoms with Gasteiger partial charge in [-0.1, -0.05) is 6.92 Å². The molecule has 1 aromatic heterocycles. The third-order valence-corrected chi connectivity index (χ3v) is 2.88. The first-order chi connectivity index (χ1) is 8.81. The molecule has 0 aliphatic carbocycles. The van der Waals surface area contributed by atoms with Crippen LogP contribution in [-0.2, 0) is 4.74 Å². The largest absolute Gasteiger partial charge is 0.378 e. The molecule has 0 radical (unpaired) electrons. The van der Waals surface area contributed by atoms with Crippen molar-refractivity contribution in [1.29, 1.82) is 0 Å². The minimum Gasteiger partial charge on any atom is -0.378 e. The van der Waals surface area contributed by atoms with Crippen LogP contribution in [-0.4, -0.2) is 43.7 Å². The van der Waals surface area contributed by atoms with E-state index in [-0.39, 0.29) is 5.91 Å². The Morgan fingerprint density at radius 2 is 2.28 bits per heavy atom. The highest BCUT2D eigenvalue weighted by molar-refractivity contribution is 5.94. The van der Waals surface area contributed by atoms with E-state index >= 15 is 0 Å². The van der Waals surface area contributed by atoms with Gasteiger partial charge < -0.3 is 15.0 Å². The Kier molecular flexibility index (Phi) is 4.52. The Balaban J connectivity index is 2.06. The molecule has 0 saturated carbocycles. The Morgan fingerprint density at radius 1 is 1.50 bits per heavy atom. The third-order valence-electron chi connectivity index (χ3n) is 2.88. The number of hydrogen-bond acceptors (Lipinski definition) is 4. The second-order valence-electron chi connectivity index (χ2n) is 4.26. The van der Waals surface area contributed by atoms with Crippen LogP contribution in [0.15, 0.2) is 18.3 Å². The van der Waals surface area contributed by atoms with E-state index in [2.05, 4.69) is 15.2 Å².